The molecule has 21 nitrogen and oxygen atoms in total. The maximum Gasteiger partial charge on any atom is 0.289 e. The van der Waals surface area contributed by atoms with Crippen molar-refractivity contribution in [2.75, 3.05) is 27.2 Å². The Morgan fingerprint density at radius 2 is 1.13 bits per heavy atom. The molecule has 7 atom stereocenters. The third kappa shape index (κ3) is 22.0. The van der Waals surface area contributed by atoms with Crippen molar-refractivity contribution in [1.82, 2.24) is 42.1 Å². The van der Waals surface area contributed by atoms with Crippen LogP contribution in [0.5, 0.6) is 0 Å². The molecule has 344 valence electrons. The van der Waals surface area contributed by atoms with Crippen LogP contribution in [-0.2, 0) is 43.2 Å². The van der Waals surface area contributed by atoms with E-state index in [9.17, 15) is 53.4 Å². The van der Waals surface area contributed by atoms with Crippen molar-refractivity contribution in [3.63, 3.8) is 0 Å². The molecule has 0 heterocycles. The maximum absolute atomic E-state index is 13.2. The summed E-state index contributed by atoms with van der Waals surface area (Å²) in [5.74, 6) is -8.20. The van der Waals surface area contributed by atoms with Crippen LogP contribution < -0.4 is 48.7 Å². The summed E-state index contributed by atoms with van der Waals surface area (Å²) in [6, 6.07) is -5.46. The zero-order valence-electron chi connectivity index (χ0n) is 36.4. The van der Waals surface area contributed by atoms with Gasteiger partial charge in [0.1, 0.15) is 18.1 Å². The third-order valence-electron chi connectivity index (χ3n) is 9.50. The van der Waals surface area contributed by atoms with Crippen LogP contribution in [0.1, 0.15) is 118 Å². The molecule has 0 rings (SSSR count). The van der Waals surface area contributed by atoms with Crippen molar-refractivity contribution < 1.29 is 53.4 Å². The molecule has 0 fully saturated rings. The summed E-state index contributed by atoms with van der Waals surface area (Å²) in [7, 11) is 2.38. The SMILES string of the molecule is CCCCCCCCCCCCCC(=O)N[C@H](CO)C(=O)N[C@H](N)C(=O)NCC(=O)N(C)[C@H](C(=O)N[C@@H](N)C(=O)N[C@@H](CC(C)C)C(=O)NC(C)C(=O)C(=O)NC)C(C)O. The van der Waals surface area contributed by atoms with E-state index in [2.05, 4.69) is 44.1 Å². The number of carbonyl (C=O) groups excluding carboxylic acids is 9. The summed E-state index contributed by atoms with van der Waals surface area (Å²) in [5, 5.41) is 35.9. The van der Waals surface area contributed by atoms with Crippen molar-refractivity contribution in [2.24, 2.45) is 17.4 Å². The van der Waals surface area contributed by atoms with E-state index >= 15 is 0 Å². The predicted molar refractivity (Wildman–Crippen MR) is 222 cm³/mol. The minimum absolute atomic E-state index is 0.0871. The highest BCUT2D eigenvalue weighted by Gasteiger charge is 2.35. The number of aliphatic hydroxyl groups is 2. The molecular weight excluding hydrogens is 784 g/mol. The summed E-state index contributed by atoms with van der Waals surface area (Å²) in [6.07, 6.45) is 7.40. The quantitative estimate of drug-likeness (QED) is 0.0198. The number of nitrogens with zero attached hydrogens (tertiary/aromatic N) is 1. The van der Waals surface area contributed by atoms with E-state index in [1.54, 1.807) is 13.8 Å². The standard InChI is InChI=1S/C39H72N10O11/c1-8-9-10-11-12-13-14-15-16-17-18-19-28(52)45-27(22-50)35(56)47-32(40)38(59)43-21-29(53)49(7)30(25(5)51)36(57)48-33(41)39(60)46-26(20-23(2)3)34(55)44-24(4)31(54)37(58)42-6/h23-27,30,32-33,50-51H,8-22,40-41H2,1-7H3,(H,42,58)(H,43,59)(H,44,55)(H,45,52)(H,46,60)(H,47,56)(H,48,57)/t24?,25?,26-,27+,30-,32-,33+/m0/s1. The van der Waals surface area contributed by atoms with Crippen LogP contribution in [0, 0.1) is 5.92 Å². The molecule has 8 amide bonds. The van der Waals surface area contributed by atoms with E-state index in [4.69, 9.17) is 11.5 Å². The third-order valence-corrected chi connectivity index (χ3v) is 9.50. The van der Waals surface area contributed by atoms with E-state index in [0.29, 0.717) is 6.42 Å². The van der Waals surface area contributed by atoms with E-state index in [-0.39, 0.29) is 18.8 Å². The van der Waals surface area contributed by atoms with Crippen LogP contribution in [0.4, 0.5) is 0 Å². The van der Waals surface area contributed by atoms with Gasteiger partial charge in [-0.2, -0.15) is 0 Å². The number of amides is 8. The van der Waals surface area contributed by atoms with Gasteiger partial charge in [0.25, 0.3) is 17.7 Å². The zero-order chi connectivity index (χ0) is 45.9. The number of hydrogen-bond acceptors (Lipinski definition) is 13. The van der Waals surface area contributed by atoms with Crippen LogP contribution in [0.25, 0.3) is 0 Å². The number of Topliss-reactive ketones (excluding diaryl/α,β-unsaturated/α-hetero) is 1. The number of aliphatic hydroxyl groups excluding tert-OH is 2. The fourth-order valence-electron chi connectivity index (χ4n) is 5.97. The van der Waals surface area contributed by atoms with Gasteiger partial charge in [0, 0.05) is 20.5 Å². The molecule has 0 radical (unpaired) electrons. The number of unbranched alkanes of at least 4 members (excludes halogenated alkanes) is 10. The lowest BCUT2D eigenvalue weighted by molar-refractivity contribution is -0.144. The van der Waals surface area contributed by atoms with Gasteiger partial charge >= 0.3 is 0 Å². The number of nitrogens with one attached hydrogen (secondary N) is 7. The summed E-state index contributed by atoms with van der Waals surface area (Å²) >= 11 is 0. The van der Waals surface area contributed by atoms with E-state index in [0.717, 1.165) is 37.6 Å². The highest BCUT2D eigenvalue weighted by atomic mass is 16.3. The van der Waals surface area contributed by atoms with Crippen molar-refractivity contribution in [1.29, 1.82) is 0 Å². The van der Waals surface area contributed by atoms with Gasteiger partial charge in [-0.1, -0.05) is 85.0 Å². The first-order valence-corrected chi connectivity index (χ1v) is 20.8. The Morgan fingerprint density at radius 1 is 0.633 bits per heavy atom. The van der Waals surface area contributed by atoms with Gasteiger partial charge in [0.2, 0.25) is 35.3 Å². The molecule has 0 aliphatic carbocycles. The Bertz CT molecular complexity index is 1410. The summed E-state index contributed by atoms with van der Waals surface area (Å²) in [4.78, 5) is 114. The topological polar surface area (TPSA) is 334 Å². The van der Waals surface area contributed by atoms with Crippen molar-refractivity contribution in [2.45, 2.75) is 161 Å². The predicted octanol–water partition coefficient (Wildman–Crippen LogP) is -2.36. The number of hydrogen-bond donors (Lipinski definition) is 11. The van der Waals surface area contributed by atoms with Crippen molar-refractivity contribution in [3.8, 4) is 0 Å². The molecule has 0 aliphatic heterocycles. The smallest absolute Gasteiger partial charge is 0.289 e. The van der Waals surface area contributed by atoms with Crippen LogP contribution >= 0.6 is 0 Å². The molecule has 0 saturated carbocycles. The fourth-order valence-corrected chi connectivity index (χ4v) is 5.97. The van der Waals surface area contributed by atoms with E-state index < -0.39 is 109 Å². The van der Waals surface area contributed by atoms with Gasteiger partial charge in [0.05, 0.1) is 25.3 Å². The normalized spacial score (nSPS) is 14.5. The highest BCUT2D eigenvalue weighted by molar-refractivity contribution is 6.38. The molecule has 0 aliphatic rings. The van der Waals surface area contributed by atoms with Crippen LogP contribution in [0.15, 0.2) is 0 Å². The van der Waals surface area contributed by atoms with Crippen LogP contribution in [-0.4, -0.2) is 138 Å². The highest BCUT2D eigenvalue weighted by Crippen LogP contribution is 2.12. The molecule has 13 N–H and O–H groups in total. The minimum Gasteiger partial charge on any atom is -0.394 e. The second-order valence-electron chi connectivity index (χ2n) is 15.3. The summed E-state index contributed by atoms with van der Waals surface area (Å²) in [6.45, 7) is 6.66. The average Bonchev–Trinajstić information content (AvgIpc) is 3.19. The van der Waals surface area contributed by atoms with Gasteiger partial charge in [-0.3, -0.25) is 43.2 Å². The molecule has 60 heavy (non-hydrogen) atoms. The van der Waals surface area contributed by atoms with Gasteiger partial charge in [-0.15, -0.1) is 0 Å². The molecule has 2 unspecified atom stereocenters. The molecular formula is C39H72N10O11. The molecule has 0 bridgehead atoms. The van der Waals surface area contributed by atoms with E-state index in [1.165, 1.54) is 59.4 Å². The molecule has 0 spiro atoms. The van der Waals surface area contributed by atoms with E-state index in [1.807, 2.05) is 0 Å². The Hall–Kier alpha value is -4.73. The van der Waals surface area contributed by atoms with Crippen molar-refractivity contribution in [3.05, 3.63) is 0 Å². The lowest BCUT2D eigenvalue weighted by atomic mass is 10.0. The largest absolute Gasteiger partial charge is 0.394 e. The molecule has 0 saturated heterocycles. The van der Waals surface area contributed by atoms with Gasteiger partial charge < -0.3 is 63.8 Å². The first-order valence-electron chi connectivity index (χ1n) is 20.8. The zero-order valence-corrected chi connectivity index (χ0v) is 36.4. The van der Waals surface area contributed by atoms with Gasteiger partial charge in [0.15, 0.2) is 12.3 Å². The van der Waals surface area contributed by atoms with Crippen molar-refractivity contribution >= 4 is 53.0 Å². The number of nitrogens with two attached hydrogens (primary N) is 2. The Kier molecular flexibility index (Phi) is 27.9. The molecule has 0 aromatic carbocycles. The Labute approximate surface area is 353 Å². The minimum atomic E-state index is -1.78. The first kappa shape index (κ1) is 55.3. The molecule has 0 aromatic rings. The second kappa shape index (κ2) is 30.3. The number of rotatable bonds is 31. The Morgan fingerprint density at radius 3 is 1.63 bits per heavy atom. The molecule has 21 heteroatoms. The van der Waals surface area contributed by atoms with Gasteiger partial charge in [-0.25, -0.2) is 0 Å². The summed E-state index contributed by atoms with van der Waals surface area (Å²) < 4.78 is 0. The Balaban J connectivity index is 5.07. The van der Waals surface area contributed by atoms with Crippen LogP contribution in [0.3, 0.4) is 0 Å². The van der Waals surface area contributed by atoms with Crippen LogP contribution in [0.2, 0.25) is 0 Å². The fraction of sp³-hybridized carbons (Fsp3) is 0.769. The average molecular weight is 857 g/mol. The lowest BCUT2D eigenvalue weighted by Gasteiger charge is -2.30. The number of ketones is 1. The molecule has 0 aromatic heterocycles. The first-order chi connectivity index (χ1) is 28.2. The monoisotopic (exact) mass is 857 g/mol. The lowest BCUT2D eigenvalue weighted by Crippen LogP contribution is -2.62. The number of likely N-dealkylation sites (N-methyl/N-ethyl adjacent to an activating group) is 2. The van der Waals surface area contributed by atoms with Gasteiger partial charge in [-0.05, 0) is 32.6 Å². The number of carbonyl (C=O) groups is 9. The second-order valence-corrected chi connectivity index (χ2v) is 15.3. The maximum atomic E-state index is 13.2. The summed E-state index contributed by atoms with van der Waals surface area (Å²) in [5.41, 5.74) is 11.7.